The molecular formula is C16H13ClO2. The van der Waals surface area contributed by atoms with Gasteiger partial charge in [-0.05, 0) is 35.9 Å². The van der Waals surface area contributed by atoms with Crippen molar-refractivity contribution >= 4 is 11.6 Å². The summed E-state index contributed by atoms with van der Waals surface area (Å²) in [5.41, 5.74) is 1.87. The molecule has 0 aliphatic rings. The third kappa shape index (κ3) is 4.33. The van der Waals surface area contributed by atoms with Crippen LogP contribution in [-0.4, -0.2) is 11.7 Å². The Balaban J connectivity index is 2.01. The fourth-order valence-electron chi connectivity index (χ4n) is 1.55. The summed E-state index contributed by atoms with van der Waals surface area (Å²) in [4.78, 5) is 0. The second-order valence-corrected chi connectivity index (χ2v) is 4.34. The van der Waals surface area contributed by atoms with Crippen LogP contribution in [0.3, 0.4) is 0 Å². The topological polar surface area (TPSA) is 29.5 Å². The zero-order valence-electron chi connectivity index (χ0n) is 10.3. The maximum Gasteiger partial charge on any atom is 0.121 e. The first-order chi connectivity index (χ1) is 9.28. The monoisotopic (exact) mass is 272 g/mol. The van der Waals surface area contributed by atoms with E-state index in [1.807, 2.05) is 48.5 Å². The summed E-state index contributed by atoms with van der Waals surface area (Å²) in [6.07, 6.45) is 0. The number of halogens is 1. The summed E-state index contributed by atoms with van der Waals surface area (Å²) in [7, 11) is 0. The third-order valence-electron chi connectivity index (χ3n) is 2.46. The average molecular weight is 273 g/mol. The Morgan fingerprint density at radius 1 is 1.11 bits per heavy atom. The molecule has 0 aromatic heterocycles. The maximum absolute atomic E-state index is 8.66. The summed E-state index contributed by atoms with van der Waals surface area (Å²) < 4.78 is 5.68. The Hall–Kier alpha value is -1.95. The Labute approximate surface area is 117 Å². The zero-order valence-corrected chi connectivity index (χ0v) is 11.0. The van der Waals surface area contributed by atoms with E-state index in [1.165, 1.54) is 0 Å². The highest BCUT2D eigenvalue weighted by atomic mass is 35.5. The molecule has 0 heterocycles. The van der Waals surface area contributed by atoms with Gasteiger partial charge in [0.1, 0.15) is 19.0 Å². The standard InChI is InChI=1S/C16H13ClO2/c17-15-8-6-14(7-9-15)12-19-16-5-1-3-13(11-16)4-2-10-18/h1,3,5-9,11,18H,10,12H2. The van der Waals surface area contributed by atoms with E-state index in [0.717, 1.165) is 16.9 Å². The minimum atomic E-state index is -0.143. The lowest BCUT2D eigenvalue weighted by atomic mass is 10.2. The summed E-state index contributed by atoms with van der Waals surface area (Å²) in [5.74, 6) is 6.20. The molecule has 2 aromatic carbocycles. The molecule has 0 aliphatic carbocycles. The van der Waals surface area contributed by atoms with Crippen LogP contribution in [0.4, 0.5) is 0 Å². The highest BCUT2D eigenvalue weighted by Gasteiger charge is 1.97. The molecule has 3 heteroatoms. The number of rotatable bonds is 3. The van der Waals surface area contributed by atoms with Crippen LogP contribution < -0.4 is 4.74 Å². The number of benzene rings is 2. The molecular weight excluding hydrogens is 260 g/mol. The molecule has 0 aliphatic heterocycles. The van der Waals surface area contributed by atoms with Crippen molar-refractivity contribution in [3.8, 4) is 17.6 Å². The van der Waals surface area contributed by atoms with Gasteiger partial charge in [0.05, 0.1) is 0 Å². The highest BCUT2D eigenvalue weighted by Crippen LogP contribution is 2.16. The van der Waals surface area contributed by atoms with E-state index in [2.05, 4.69) is 11.8 Å². The van der Waals surface area contributed by atoms with Crippen molar-refractivity contribution in [1.82, 2.24) is 0 Å². The van der Waals surface area contributed by atoms with E-state index in [9.17, 15) is 0 Å². The number of hydrogen-bond acceptors (Lipinski definition) is 2. The zero-order chi connectivity index (χ0) is 13.5. The van der Waals surface area contributed by atoms with E-state index >= 15 is 0 Å². The Morgan fingerprint density at radius 3 is 2.63 bits per heavy atom. The van der Waals surface area contributed by atoms with Gasteiger partial charge in [0, 0.05) is 10.6 Å². The van der Waals surface area contributed by atoms with Gasteiger partial charge in [0.25, 0.3) is 0 Å². The van der Waals surface area contributed by atoms with E-state index in [1.54, 1.807) is 0 Å². The minimum absolute atomic E-state index is 0.143. The van der Waals surface area contributed by atoms with Crippen LogP contribution in [-0.2, 0) is 6.61 Å². The predicted octanol–water partition coefficient (Wildman–Crippen LogP) is 3.26. The average Bonchev–Trinajstić information content (AvgIpc) is 2.45. The molecule has 0 atom stereocenters. The van der Waals surface area contributed by atoms with Gasteiger partial charge in [0.2, 0.25) is 0 Å². The molecule has 1 N–H and O–H groups in total. The molecule has 0 spiro atoms. The van der Waals surface area contributed by atoms with Gasteiger partial charge in [0.15, 0.2) is 0 Å². The molecule has 2 aromatic rings. The van der Waals surface area contributed by atoms with Crippen molar-refractivity contribution in [2.24, 2.45) is 0 Å². The molecule has 0 radical (unpaired) electrons. The largest absolute Gasteiger partial charge is 0.489 e. The van der Waals surface area contributed by atoms with Gasteiger partial charge in [-0.1, -0.05) is 41.6 Å². The van der Waals surface area contributed by atoms with Gasteiger partial charge < -0.3 is 9.84 Å². The first-order valence-electron chi connectivity index (χ1n) is 5.85. The Kier molecular flexibility index (Phi) is 4.85. The van der Waals surface area contributed by atoms with Gasteiger partial charge in [-0.2, -0.15) is 0 Å². The normalized spacial score (nSPS) is 9.58. The van der Waals surface area contributed by atoms with E-state index < -0.39 is 0 Å². The van der Waals surface area contributed by atoms with Crippen molar-refractivity contribution in [1.29, 1.82) is 0 Å². The lowest BCUT2D eigenvalue weighted by Gasteiger charge is -2.06. The first-order valence-corrected chi connectivity index (χ1v) is 6.23. The van der Waals surface area contributed by atoms with E-state index in [0.29, 0.717) is 11.6 Å². The van der Waals surface area contributed by atoms with Gasteiger partial charge in [-0.15, -0.1) is 0 Å². The fraction of sp³-hybridized carbons (Fsp3) is 0.125. The van der Waals surface area contributed by atoms with E-state index in [4.69, 9.17) is 21.4 Å². The molecule has 19 heavy (non-hydrogen) atoms. The number of aliphatic hydroxyl groups excluding tert-OH is 1. The van der Waals surface area contributed by atoms with Gasteiger partial charge in [-0.25, -0.2) is 0 Å². The highest BCUT2D eigenvalue weighted by molar-refractivity contribution is 6.30. The lowest BCUT2D eigenvalue weighted by Crippen LogP contribution is -1.95. The fourth-order valence-corrected chi connectivity index (χ4v) is 1.68. The molecule has 0 saturated carbocycles. The van der Waals surface area contributed by atoms with Crippen LogP contribution >= 0.6 is 11.6 Å². The Bertz CT molecular complexity index is 594. The molecule has 0 unspecified atom stereocenters. The van der Waals surface area contributed by atoms with Crippen molar-refractivity contribution in [3.63, 3.8) is 0 Å². The lowest BCUT2D eigenvalue weighted by molar-refractivity contribution is 0.306. The van der Waals surface area contributed by atoms with Crippen molar-refractivity contribution in [2.45, 2.75) is 6.61 Å². The van der Waals surface area contributed by atoms with Gasteiger partial charge >= 0.3 is 0 Å². The number of hydrogen-bond donors (Lipinski definition) is 1. The number of aliphatic hydroxyl groups is 1. The summed E-state index contributed by atoms with van der Waals surface area (Å²) in [6.45, 7) is 0.337. The van der Waals surface area contributed by atoms with Crippen LogP contribution in [0.5, 0.6) is 5.75 Å². The Morgan fingerprint density at radius 2 is 1.89 bits per heavy atom. The van der Waals surface area contributed by atoms with Crippen molar-refractivity contribution in [3.05, 3.63) is 64.7 Å². The molecule has 0 saturated heterocycles. The molecule has 2 rings (SSSR count). The van der Waals surface area contributed by atoms with E-state index in [-0.39, 0.29) is 6.61 Å². The molecule has 2 nitrogen and oxygen atoms in total. The smallest absolute Gasteiger partial charge is 0.121 e. The van der Waals surface area contributed by atoms with Crippen LogP contribution in [0, 0.1) is 11.8 Å². The third-order valence-corrected chi connectivity index (χ3v) is 2.72. The first kappa shape index (κ1) is 13.5. The molecule has 0 fully saturated rings. The second kappa shape index (κ2) is 6.84. The maximum atomic E-state index is 8.66. The summed E-state index contributed by atoms with van der Waals surface area (Å²) in [6, 6.07) is 15.0. The molecule has 0 bridgehead atoms. The summed E-state index contributed by atoms with van der Waals surface area (Å²) >= 11 is 5.82. The quantitative estimate of drug-likeness (QED) is 0.869. The van der Waals surface area contributed by atoms with Crippen molar-refractivity contribution in [2.75, 3.05) is 6.61 Å². The van der Waals surface area contributed by atoms with Crippen LogP contribution in [0.25, 0.3) is 0 Å². The predicted molar refractivity (Wildman–Crippen MR) is 76.2 cm³/mol. The van der Waals surface area contributed by atoms with Crippen LogP contribution in [0.2, 0.25) is 5.02 Å². The van der Waals surface area contributed by atoms with Crippen LogP contribution in [0.1, 0.15) is 11.1 Å². The van der Waals surface area contributed by atoms with Crippen LogP contribution in [0.15, 0.2) is 48.5 Å². The van der Waals surface area contributed by atoms with Gasteiger partial charge in [-0.3, -0.25) is 0 Å². The molecule has 96 valence electrons. The second-order valence-electron chi connectivity index (χ2n) is 3.90. The SMILES string of the molecule is OCC#Cc1cccc(OCc2ccc(Cl)cc2)c1. The number of ether oxygens (including phenoxy) is 1. The van der Waals surface area contributed by atoms with Crippen molar-refractivity contribution < 1.29 is 9.84 Å². The summed E-state index contributed by atoms with van der Waals surface area (Å²) in [5, 5.41) is 9.37. The minimum Gasteiger partial charge on any atom is -0.489 e. The molecule has 0 amide bonds.